The predicted octanol–water partition coefficient (Wildman–Crippen LogP) is 10.4. The Balaban J connectivity index is 1.16. The summed E-state index contributed by atoms with van der Waals surface area (Å²) in [6, 6.07) is 48.3. The van der Waals surface area contributed by atoms with Gasteiger partial charge >= 0.3 is 0 Å². The van der Waals surface area contributed by atoms with Gasteiger partial charge in [0.2, 0.25) is 0 Å². The van der Waals surface area contributed by atoms with Crippen LogP contribution in [0.5, 0.6) is 0 Å². The molecule has 6 nitrogen and oxygen atoms in total. The minimum Gasteiger partial charge on any atom is -0.456 e. The van der Waals surface area contributed by atoms with Crippen LogP contribution in [0.2, 0.25) is 0 Å². The molecule has 4 heterocycles. The van der Waals surface area contributed by atoms with E-state index in [1.165, 1.54) is 11.3 Å². The third kappa shape index (κ3) is 4.57. The van der Waals surface area contributed by atoms with Gasteiger partial charge in [0, 0.05) is 57.3 Å². The molecule has 0 spiro atoms. The number of fused-ring (bicyclic) bond motifs is 7. The van der Waals surface area contributed by atoms with Crippen molar-refractivity contribution in [1.82, 2.24) is 19.9 Å². The molecule has 0 radical (unpaired) electrons. The van der Waals surface area contributed by atoms with Crippen LogP contribution in [-0.2, 0) is 0 Å². The Morgan fingerprint density at radius 3 is 2.04 bits per heavy atom. The van der Waals surface area contributed by atoms with Crippen molar-refractivity contribution in [2.45, 2.75) is 12.0 Å². The van der Waals surface area contributed by atoms with Gasteiger partial charge in [-0.25, -0.2) is 15.0 Å². The maximum Gasteiger partial charge on any atom is 0.165 e. The van der Waals surface area contributed by atoms with Crippen molar-refractivity contribution in [2.24, 2.45) is 0 Å². The largest absolute Gasteiger partial charge is 0.456 e. The van der Waals surface area contributed by atoms with E-state index in [1.54, 1.807) is 12.4 Å². The SMILES string of the molecule is C1=CC2C(c3ccccc3N2c2ccccc2)c2c1oc1cccc(-c3nc(-c4ccc(-c5ccccc5)cc4)nc(-c4cccnc4)n3)c21. The van der Waals surface area contributed by atoms with Gasteiger partial charge in [-0.3, -0.25) is 4.98 Å². The highest BCUT2D eigenvalue weighted by atomic mass is 16.3. The van der Waals surface area contributed by atoms with Gasteiger partial charge < -0.3 is 9.32 Å². The summed E-state index contributed by atoms with van der Waals surface area (Å²) in [7, 11) is 0. The molecule has 236 valence electrons. The van der Waals surface area contributed by atoms with Crippen molar-refractivity contribution >= 4 is 28.4 Å². The summed E-state index contributed by atoms with van der Waals surface area (Å²) in [5.74, 6) is 2.68. The zero-order chi connectivity index (χ0) is 33.0. The van der Waals surface area contributed by atoms with Gasteiger partial charge in [-0.15, -0.1) is 0 Å². The third-order valence-corrected chi connectivity index (χ3v) is 9.79. The van der Waals surface area contributed by atoms with Crippen LogP contribution < -0.4 is 4.90 Å². The van der Waals surface area contributed by atoms with Gasteiger partial charge in [0.05, 0.1) is 6.04 Å². The van der Waals surface area contributed by atoms with Crippen molar-refractivity contribution < 1.29 is 4.42 Å². The molecule has 1 aliphatic heterocycles. The molecule has 0 saturated heterocycles. The van der Waals surface area contributed by atoms with E-state index in [0.717, 1.165) is 55.8 Å². The molecule has 0 amide bonds. The second-order valence-corrected chi connectivity index (χ2v) is 12.6. The van der Waals surface area contributed by atoms with Crippen LogP contribution >= 0.6 is 0 Å². The van der Waals surface area contributed by atoms with Gasteiger partial charge in [-0.05, 0) is 59.2 Å². The Morgan fingerprint density at radius 2 is 1.24 bits per heavy atom. The van der Waals surface area contributed by atoms with E-state index < -0.39 is 0 Å². The molecule has 2 unspecified atom stereocenters. The fourth-order valence-corrected chi connectivity index (χ4v) is 7.57. The molecular weight excluding hydrogens is 615 g/mol. The molecule has 1 aliphatic carbocycles. The lowest BCUT2D eigenvalue weighted by Gasteiger charge is -2.30. The molecule has 5 aromatic carbocycles. The molecular formula is C44H29N5O. The summed E-state index contributed by atoms with van der Waals surface area (Å²) in [5.41, 5.74) is 10.5. The number of rotatable bonds is 5. The zero-order valence-electron chi connectivity index (χ0n) is 26.9. The molecule has 0 N–H and O–H groups in total. The molecule has 8 aromatic rings. The Hall–Kier alpha value is -6.66. The van der Waals surface area contributed by atoms with Crippen LogP contribution in [0.25, 0.3) is 62.3 Å². The zero-order valence-corrected chi connectivity index (χ0v) is 26.9. The van der Waals surface area contributed by atoms with Gasteiger partial charge in [-0.1, -0.05) is 109 Å². The van der Waals surface area contributed by atoms with Crippen LogP contribution in [0.15, 0.2) is 162 Å². The number of nitrogens with zero attached hydrogens (tertiary/aromatic N) is 5. The van der Waals surface area contributed by atoms with E-state index in [0.29, 0.717) is 17.5 Å². The highest BCUT2D eigenvalue weighted by molar-refractivity contribution is 5.99. The molecule has 0 fully saturated rings. The summed E-state index contributed by atoms with van der Waals surface area (Å²) in [5, 5.41) is 1.03. The molecule has 6 heteroatoms. The van der Waals surface area contributed by atoms with Crippen molar-refractivity contribution in [3.05, 3.63) is 175 Å². The average molecular weight is 644 g/mol. The van der Waals surface area contributed by atoms with Crippen LogP contribution in [0.1, 0.15) is 22.8 Å². The quantitative estimate of drug-likeness (QED) is 0.186. The van der Waals surface area contributed by atoms with Crippen LogP contribution in [0.4, 0.5) is 11.4 Å². The van der Waals surface area contributed by atoms with Crippen molar-refractivity contribution in [3.63, 3.8) is 0 Å². The lowest BCUT2D eigenvalue weighted by atomic mass is 9.82. The van der Waals surface area contributed by atoms with Gasteiger partial charge in [0.1, 0.15) is 11.3 Å². The highest BCUT2D eigenvalue weighted by Crippen LogP contribution is 2.54. The van der Waals surface area contributed by atoms with E-state index in [-0.39, 0.29) is 12.0 Å². The first kappa shape index (κ1) is 28.4. The maximum atomic E-state index is 6.62. The fraction of sp³-hybridized carbons (Fsp3) is 0.0455. The number of para-hydroxylation sites is 2. The summed E-state index contributed by atoms with van der Waals surface area (Å²) >= 11 is 0. The predicted molar refractivity (Wildman–Crippen MR) is 199 cm³/mol. The monoisotopic (exact) mass is 643 g/mol. The number of benzene rings is 5. The highest BCUT2D eigenvalue weighted by Gasteiger charge is 2.43. The minimum absolute atomic E-state index is 0.0541. The molecule has 2 aliphatic rings. The number of hydrogen-bond acceptors (Lipinski definition) is 6. The number of hydrogen-bond donors (Lipinski definition) is 0. The van der Waals surface area contributed by atoms with Gasteiger partial charge in [-0.2, -0.15) is 0 Å². The molecule has 50 heavy (non-hydrogen) atoms. The lowest BCUT2D eigenvalue weighted by molar-refractivity contribution is 0.584. The molecule has 3 aromatic heterocycles. The molecule has 0 saturated carbocycles. The van der Waals surface area contributed by atoms with Crippen molar-refractivity contribution in [3.8, 4) is 45.3 Å². The standard InChI is InChI=1S/C44H29N5O/c1-3-11-28(12-4-1)29-20-22-30(23-21-29)42-46-43(31-13-10-26-45-27-31)48-44(47-42)34-17-9-19-37-40(34)41-38(50-37)25-24-36-39(41)33-16-7-8-18-35(33)49(36)32-14-5-2-6-15-32/h1-27,36,39H. The third-order valence-electron chi connectivity index (χ3n) is 9.79. The average Bonchev–Trinajstić information content (AvgIpc) is 3.75. The summed E-state index contributed by atoms with van der Waals surface area (Å²) in [4.78, 5) is 22.1. The van der Waals surface area contributed by atoms with Gasteiger partial charge in [0.25, 0.3) is 0 Å². The van der Waals surface area contributed by atoms with E-state index >= 15 is 0 Å². The van der Waals surface area contributed by atoms with Crippen molar-refractivity contribution in [1.29, 1.82) is 0 Å². The Labute approximate surface area is 289 Å². The Morgan fingerprint density at radius 1 is 0.560 bits per heavy atom. The number of anilines is 2. The maximum absolute atomic E-state index is 6.62. The minimum atomic E-state index is 0.0541. The van der Waals surface area contributed by atoms with Crippen LogP contribution in [0.3, 0.4) is 0 Å². The molecule has 10 rings (SSSR count). The summed E-state index contributed by atoms with van der Waals surface area (Å²) in [6.45, 7) is 0. The fourth-order valence-electron chi connectivity index (χ4n) is 7.57. The van der Waals surface area contributed by atoms with Crippen LogP contribution in [0, 0.1) is 0 Å². The molecule has 2 atom stereocenters. The summed E-state index contributed by atoms with van der Waals surface area (Å²) < 4.78 is 6.62. The Bertz CT molecular complexity index is 2540. The first-order valence-corrected chi connectivity index (χ1v) is 16.8. The second-order valence-electron chi connectivity index (χ2n) is 12.6. The van der Waals surface area contributed by atoms with E-state index in [4.69, 9.17) is 19.4 Å². The lowest BCUT2D eigenvalue weighted by Crippen LogP contribution is -2.30. The normalized spacial score (nSPS) is 15.9. The topological polar surface area (TPSA) is 67.9 Å². The molecule has 0 bridgehead atoms. The van der Waals surface area contributed by atoms with E-state index in [9.17, 15) is 0 Å². The summed E-state index contributed by atoms with van der Waals surface area (Å²) in [6.07, 6.45) is 7.97. The van der Waals surface area contributed by atoms with Crippen LogP contribution in [-0.4, -0.2) is 26.0 Å². The van der Waals surface area contributed by atoms with Gasteiger partial charge in [0.15, 0.2) is 17.5 Å². The number of furan rings is 1. The number of pyridine rings is 1. The first-order chi connectivity index (χ1) is 24.8. The van der Waals surface area contributed by atoms with Crippen molar-refractivity contribution in [2.75, 3.05) is 4.90 Å². The van der Waals surface area contributed by atoms with E-state index in [2.05, 4.69) is 131 Å². The smallest absolute Gasteiger partial charge is 0.165 e. The number of aromatic nitrogens is 4. The Kier molecular flexibility index (Phi) is 6.52. The second kappa shape index (κ2) is 11.5. The first-order valence-electron chi connectivity index (χ1n) is 16.8. The van der Waals surface area contributed by atoms with E-state index in [1.807, 2.05) is 30.3 Å².